The van der Waals surface area contributed by atoms with Crippen molar-refractivity contribution in [3.05, 3.63) is 35.9 Å². The van der Waals surface area contributed by atoms with Gasteiger partial charge in [0, 0.05) is 16.8 Å². The molecule has 0 spiro atoms. The van der Waals surface area contributed by atoms with Gasteiger partial charge in [0.1, 0.15) is 0 Å². The van der Waals surface area contributed by atoms with E-state index >= 15 is 0 Å². The average Bonchev–Trinajstić information content (AvgIpc) is 2.81. The van der Waals surface area contributed by atoms with Gasteiger partial charge in [-0.15, -0.1) is 23.5 Å². The van der Waals surface area contributed by atoms with Gasteiger partial charge in [0.2, 0.25) is 0 Å². The maximum Gasteiger partial charge on any atom is 0.0860 e. The topological polar surface area (TPSA) is 0 Å². The van der Waals surface area contributed by atoms with Crippen LogP contribution in [0, 0.1) is 0 Å². The molecule has 0 saturated carbocycles. The average molecular weight is 317 g/mol. The summed E-state index contributed by atoms with van der Waals surface area (Å²) in [6, 6.07) is 11.0. The third-order valence-corrected chi connectivity index (χ3v) is 7.01. The van der Waals surface area contributed by atoms with E-state index in [1.165, 1.54) is 36.3 Å². The first-order valence-corrected chi connectivity index (χ1v) is 8.86. The Morgan fingerprint density at radius 3 is 2.38 bits per heavy atom. The van der Waals surface area contributed by atoms with Crippen molar-refractivity contribution in [2.75, 3.05) is 16.8 Å². The smallest absolute Gasteiger partial charge is 0.0860 e. The van der Waals surface area contributed by atoms with E-state index in [2.05, 4.69) is 69.8 Å². The van der Waals surface area contributed by atoms with E-state index in [1.807, 2.05) is 0 Å². The fourth-order valence-corrected chi connectivity index (χ4v) is 5.79. The standard InChI is InChI=1S/C13H17BrS2/c14-9-5-4-8-13(15-10-11-16-13)12-6-2-1-3-7-12/h1-3,6-7H,4-5,8-11H2. The Kier molecular flexibility index (Phi) is 5.11. The number of alkyl halides is 1. The van der Waals surface area contributed by atoms with Crippen molar-refractivity contribution in [1.82, 2.24) is 0 Å². The van der Waals surface area contributed by atoms with Gasteiger partial charge < -0.3 is 0 Å². The molecule has 0 radical (unpaired) electrons. The van der Waals surface area contributed by atoms with E-state index in [4.69, 9.17) is 0 Å². The summed E-state index contributed by atoms with van der Waals surface area (Å²) < 4.78 is 0.351. The highest BCUT2D eigenvalue weighted by atomic mass is 79.9. The molecule has 1 aromatic carbocycles. The summed E-state index contributed by atoms with van der Waals surface area (Å²) in [6.07, 6.45) is 3.91. The summed E-state index contributed by atoms with van der Waals surface area (Å²) in [5.74, 6) is 2.60. The molecule has 1 aliphatic heterocycles. The number of unbranched alkanes of at least 4 members (excludes halogenated alkanes) is 1. The van der Waals surface area contributed by atoms with E-state index in [0.29, 0.717) is 4.08 Å². The van der Waals surface area contributed by atoms with Gasteiger partial charge >= 0.3 is 0 Å². The first-order chi connectivity index (χ1) is 7.87. The third kappa shape index (κ3) is 2.99. The molecule has 0 atom stereocenters. The highest BCUT2D eigenvalue weighted by molar-refractivity contribution is 9.09. The van der Waals surface area contributed by atoms with Crippen molar-refractivity contribution in [3.8, 4) is 0 Å². The first-order valence-electron chi connectivity index (χ1n) is 5.77. The van der Waals surface area contributed by atoms with Crippen LogP contribution in [0.15, 0.2) is 30.3 Å². The molecule has 0 N–H and O–H groups in total. The number of hydrogen-bond acceptors (Lipinski definition) is 2. The van der Waals surface area contributed by atoms with E-state index in [0.717, 1.165) is 5.33 Å². The zero-order valence-corrected chi connectivity index (χ0v) is 12.5. The minimum absolute atomic E-state index is 0.351. The first kappa shape index (κ1) is 12.8. The fraction of sp³-hybridized carbons (Fsp3) is 0.538. The second-order valence-electron chi connectivity index (χ2n) is 3.96. The van der Waals surface area contributed by atoms with Crippen LogP contribution >= 0.6 is 39.5 Å². The molecule has 1 aliphatic rings. The molecule has 16 heavy (non-hydrogen) atoms. The number of thioether (sulfide) groups is 2. The van der Waals surface area contributed by atoms with Gasteiger partial charge in [-0.3, -0.25) is 0 Å². The second-order valence-corrected chi connectivity index (χ2v) is 7.80. The molecule has 1 aromatic rings. The lowest BCUT2D eigenvalue weighted by Gasteiger charge is -2.27. The summed E-state index contributed by atoms with van der Waals surface area (Å²) >= 11 is 7.80. The molecule has 88 valence electrons. The molecular formula is C13H17BrS2. The molecule has 0 aromatic heterocycles. The summed E-state index contributed by atoms with van der Waals surface area (Å²) in [5, 5.41) is 1.13. The maximum atomic E-state index is 3.52. The van der Waals surface area contributed by atoms with Gasteiger partial charge in [0.15, 0.2) is 0 Å². The summed E-state index contributed by atoms with van der Waals surface area (Å²) in [5.41, 5.74) is 1.51. The molecule has 1 saturated heterocycles. The molecule has 1 heterocycles. The van der Waals surface area contributed by atoms with E-state index in [1.54, 1.807) is 0 Å². The zero-order valence-electron chi connectivity index (χ0n) is 9.32. The van der Waals surface area contributed by atoms with Gasteiger partial charge in [0.05, 0.1) is 4.08 Å². The third-order valence-electron chi connectivity index (χ3n) is 2.86. The zero-order chi connectivity index (χ0) is 11.3. The monoisotopic (exact) mass is 316 g/mol. The van der Waals surface area contributed by atoms with Crippen LogP contribution in [-0.2, 0) is 4.08 Å². The molecule has 2 rings (SSSR count). The molecule has 1 fully saturated rings. The van der Waals surface area contributed by atoms with Crippen LogP contribution in [0.1, 0.15) is 24.8 Å². The molecule has 0 bridgehead atoms. The van der Waals surface area contributed by atoms with E-state index in [9.17, 15) is 0 Å². The van der Waals surface area contributed by atoms with Crippen molar-refractivity contribution < 1.29 is 0 Å². The Morgan fingerprint density at radius 1 is 1.06 bits per heavy atom. The van der Waals surface area contributed by atoms with Crippen molar-refractivity contribution >= 4 is 39.5 Å². The fourth-order valence-electron chi connectivity index (χ4n) is 2.05. The minimum atomic E-state index is 0.351. The van der Waals surface area contributed by atoms with E-state index < -0.39 is 0 Å². The number of rotatable bonds is 5. The molecule has 3 heteroatoms. The van der Waals surface area contributed by atoms with Crippen LogP contribution in [-0.4, -0.2) is 16.8 Å². The number of hydrogen-bond donors (Lipinski definition) is 0. The molecule has 0 amide bonds. The van der Waals surface area contributed by atoms with Crippen LogP contribution in [0.2, 0.25) is 0 Å². The highest BCUT2D eigenvalue weighted by Gasteiger charge is 2.36. The number of halogens is 1. The Morgan fingerprint density at radius 2 is 1.75 bits per heavy atom. The SMILES string of the molecule is BrCCCCC1(c2ccccc2)SCCS1. The number of benzene rings is 1. The highest BCUT2D eigenvalue weighted by Crippen LogP contribution is 2.54. The second kappa shape index (κ2) is 6.36. The van der Waals surface area contributed by atoms with Gasteiger partial charge in [-0.1, -0.05) is 52.7 Å². The summed E-state index contributed by atoms with van der Waals surface area (Å²) in [7, 11) is 0. The summed E-state index contributed by atoms with van der Waals surface area (Å²) in [4.78, 5) is 0. The minimum Gasteiger partial charge on any atom is -0.139 e. The van der Waals surface area contributed by atoms with Crippen LogP contribution in [0.3, 0.4) is 0 Å². The quantitative estimate of drug-likeness (QED) is 0.560. The van der Waals surface area contributed by atoms with Crippen LogP contribution in [0.5, 0.6) is 0 Å². The van der Waals surface area contributed by atoms with Crippen molar-refractivity contribution in [2.24, 2.45) is 0 Å². The van der Waals surface area contributed by atoms with Crippen molar-refractivity contribution in [2.45, 2.75) is 23.3 Å². The Hall–Kier alpha value is 0.400. The lowest BCUT2D eigenvalue weighted by Crippen LogP contribution is -2.14. The largest absolute Gasteiger partial charge is 0.139 e. The lowest BCUT2D eigenvalue weighted by atomic mass is 10.1. The van der Waals surface area contributed by atoms with Crippen LogP contribution < -0.4 is 0 Å². The summed E-state index contributed by atoms with van der Waals surface area (Å²) in [6.45, 7) is 0. The van der Waals surface area contributed by atoms with Crippen LogP contribution in [0.4, 0.5) is 0 Å². The Balaban J connectivity index is 2.09. The predicted molar refractivity (Wildman–Crippen MR) is 80.7 cm³/mol. The Labute approximate surface area is 115 Å². The maximum absolute atomic E-state index is 3.52. The molecular weight excluding hydrogens is 300 g/mol. The van der Waals surface area contributed by atoms with Gasteiger partial charge in [0.25, 0.3) is 0 Å². The molecule has 0 unspecified atom stereocenters. The van der Waals surface area contributed by atoms with Gasteiger partial charge in [-0.2, -0.15) is 0 Å². The Bertz CT molecular complexity index is 307. The predicted octanol–water partition coefficient (Wildman–Crippen LogP) is 4.88. The van der Waals surface area contributed by atoms with Crippen molar-refractivity contribution in [3.63, 3.8) is 0 Å². The van der Waals surface area contributed by atoms with Crippen LogP contribution in [0.25, 0.3) is 0 Å². The molecule has 0 nitrogen and oxygen atoms in total. The molecule has 0 aliphatic carbocycles. The van der Waals surface area contributed by atoms with Gasteiger partial charge in [-0.05, 0) is 18.4 Å². The lowest BCUT2D eigenvalue weighted by molar-refractivity contribution is 0.684. The normalized spacial score (nSPS) is 18.8. The van der Waals surface area contributed by atoms with E-state index in [-0.39, 0.29) is 0 Å². The van der Waals surface area contributed by atoms with Gasteiger partial charge in [-0.25, -0.2) is 0 Å². The van der Waals surface area contributed by atoms with Crippen molar-refractivity contribution in [1.29, 1.82) is 0 Å².